The molecule has 4 rings (SSSR count). The summed E-state index contributed by atoms with van der Waals surface area (Å²) < 4.78 is 11.1. The lowest BCUT2D eigenvalue weighted by Gasteiger charge is -2.07. The van der Waals surface area contributed by atoms with Crippen LogP contribution >= 0.6 is 11.8 Å². The van der Waals surface area contributed by atoms with Gasteiger partial charge in [0.2, 0.25) is 0 Å². The van der Waals surface area contributed by atoms with Crippen LogP contribution in [0.3, 0.4) is 0 Å². The van der Waals surface area contributed by atoms with Crippen molar-refractivity contribution in [1.82, 2.24) is 4.90 Å². The Hall–Kier alpha value is -4.38. The molecule has 1 aliphatic heterocycles. The van der Waals surface area contributed by atoms with Gasteiger partial charge < -0.3 is 14.3 Å². The third-order valence-corrected chi connectivity index (χ3v) is 5.94. The average molecular weight is 479 g/mol. The summed E-state index contributed by atoms with van der Waals surface area (Å²) in [6, 6.07) is 13.7. The van der Waals surface area contributed by atoms with Crippen LogP contribution < -0.4 is 4.74 Å². The molecule has 2 heterocycles. The van der Waals surface area contributed by atoms with Crippen LogP contribution in [-0.4, -0.2) is 46.1 Å². The fourth-order valence-electron chi connectivity index (χ4n) is 3.17. The van der Waals surface area contributed by atoms with Gasteiger partial charge in [-0.05, 0) is 48.2 Å². The van der Waals surface area contributed by atoms with Crippen LogP contribution in [-0.2, 0) is 4.79 Å². The zero-order chi connectivity index (χ0) is 24.4. The number of hydrogen-bond acceptors (Lipinski definition) is 8. The Morgan fingerprint density at radius 3 is 2.74 bits per heavy atom. The molecule has 11 heteroatoms. The molecule has 0 saturated carbocycles. The lowest BCUT2D eigenvalue weighted by atomic mass is 10.1. The largest absolute Gasteiger partial charge is 0.496 e. The zero-order valence-corrected chi connectivity index (χ0v) is 18.7. The number of furan rings is 1. The average Bonchev–Trinajstić information content (AvgIpc) is 3.39. The van der Waals surface area contributed by atoms with Crippen molar-refractivity contribution in [2.45, 2.75) is 0 Å². The molecule has 172 valence electrons. The first-order valence-electron chi connectivity index (χ1n) is 9.79. The van der Waals surface area contributed by atoms with E-state index in [0.717, 1.165) is 11.8 Å². The van der Waals surface area contributed by atoms with Crippen LogP contribution in [0.15, 0.2) is 68.9 Å². The van der Waals surface area contributed by atoms with E-state index in [2.05, 4.69) is 4.99 Å². The Bertz CT molecular complexity index is 1380. The molecule has 0 radical (unpaired) electrons. The van der Waals surface area contributed by atoms with Gasteiger partial charge in [-0.25, -0.2) is 9.79 Å². The van der Waals surface area contributed by atoms with E-state index in [-0.39, 0.29) is 22.9 Å². The number of methoxy groups -OCH3 is 1. The fourth-order valence-corrected chi connectivity index (χ4v) is 4.14. The standard InChI is InChI=1S/C23H17N3O7S/c1-25-21(27)20(34-23(25)24-14-5-3-4-13(10-14)22(28)29)12-16-7-9-18(33-16)17-8-6-15(26(30)31)11-19(17)32-2/h3-12H,1-2H3,(H,28,29)/b20-12+,24-23?. The second kappa shape index (κ2) is 9.24. The first-order valence-corrected chi connectivity index (χ1v) is 10.6. The molecule has 10 nitrogen and oxygen atoms in total. The third kappa shape index (κ3) is 4.55. The van der Waals surface area contributed by atoms with E-state index in [0.29, 0.717) is 32.8 Å². The van der Waals surface area contributed by atoms with E-state index in [1.54, 1.807) is 37.4 Å². The van der Waals surface area contributed by atoms with E-state index in [1.807, 2.05) is 0 Å². The predicted molar refractivity (Wildman–Crippen MR) is 126 cm³/mol. The minimum absolute atomic E-state index is 0.0966. The van der Waals surface area contributed by atoms with Crippen molar-refractivity contribution in [3.63, 3.8) is 0 Å². The van der Waals surface area contributed by atoms with Gasteiger partial charge in [-0.3, -0.25) is 19.8 Å². The van der Waals surface area contributed by atoms with Gasteiger partial charge in [-0.2, -0.15) is 0 Å². The number of thioether (sulfide) groups is 1. The van der Waals surface area contributed by atoms with Crippen molar-refractivity contribution < 1.29 is 28.8 Å². The van der Waals surface area contributed by atoms with Gasteiger partial charge in [0.25, 0.3) is 11.6 Å². The summed E-state index contributed by atoms with van der Waals surface area (Å²) in [4.78, 5) is 40.5. The lowest BCUT2D eigenvalue weighted by Crippen LogP contribution is -2.23. The number of ether oxygens (including phenoxy) is 1. The quantitative estimate of drug-likeness (QED) is 0.303. The Balaban J connectivity index is 1.60. The second-order valence-electron chi connectivity index (χ2n) is 7.07. The van der Waals surface area contributed by atoms with Crippen LogP contribution in [0.4, 0.5) is 11.4 Å². The van der Waals surface area contributed by atoms with Gasteiger partial charge in [0.15, 0.2) is 5.17 Å². The molecule has 3 aromatic rings. The van der Waals surface area contributed by atoms with E-state index in [9.17, 15) is 19.7 Å². The number of amides is 1. The summed E-state index contributed by atoms with van der Waals surface area (Å²) in [5, 5.41) is 20.5. The minimum Gasteiger partial charge on any atom is -0.496 e. The Morgan fingerprint density at radius 1 is 1.24 bits per heavy atom. The van der Waals surface area contributed by atoms with Gasteiger partial charge in [-0.1, -0.05) is 6.07 Å². The number of carbonyl (C=O) groups excluding carboxylic acids is 1. The summed E-state index contributed by atoms with van der Waals surface area (Å²) in [5.41, 5.74) is 0.931. The Kier molecular flexibility index (Phi) is 6.19. The second-order valence-corrected chi connectivity index (χ2v) is 8.08. The van der Waals surface area contributed by atoms with Crippen molar-refractivity contribution in [2.24, 2.45) is 4.99 Å². The minimum atomic E-state index is -1.07. The van der Waals surface area contributed by atoms with E-state index < -0.39 is 10.9 Å². The van der Waals surface area contributed by atoms with E-state index in [1.165, 1.54) is 42.3 Å². The third-order valence-electron chi connectivity index (χ3n) is 4.88. The first kappa shape index (κ1) is 22.8. The fraction of sp³-hybridized carbons (Fsp3) is 0.0870. The lowest BCUT2D eigenvalue weighted by molar-refractivity contribution is -0.384. The highest BCUT2D eigenvalue weighted by Crippen LogP contribution is 2.37. The van der Waals surface area contributed by atoms with Gasteiger partial charge in [-0.15, -0.1) is 0 Å². The van der Waals surface area contributed by atoms with Crippen LogP contribution in [0.25, 0.3) is 17.4 Å². The number of nitro groups is 1. The zero-order valence-electron chi connectivity index (χ0n) is 17.9. The highest BCUT2D eigenvalue weighted by molar-refractivity contribution is 8.18. The summed E-state index contributed by atoms with van der Waals surface area (Å²) in [6.45, 7) is 0. The Labute approximate surface area is 197 Å². The number of nitro benzene ring substituents is 1. The molecule has 1 amide bonds. The molecular weight excluding hydrogens is 462 g/mol. The summed E-state index contributed by atoms with van der Waals surface area (Å²) in [7, 11) is 2.98. The number of rotatable bonds is 6. The molecule has 1 N–H and O–H groups in total. The van der Waals surface area contributed by atoms with Crippen molar-refractivity contribution in [2.75, 3.05) is 14.2 Å². The van der Waals surface area contributed by atoms with Crippen molar-refractivity contribution in [1.29, 1.82) is 0 Å². The van der Waals surface area contributed by atoms with Crippen LogP contribution in [0.5, 0.6) is 5.75 Å². The van der Waals surface area contributed by atoms with E-state index >= 15 is 0 Å². The molecule has 1 aromatic heterocycles. The smallest absolute Gasteiger partial charge is 0.335 e. The number of amidine groups is 1. The molecule has 0 spiro atoms. The van der Waals surface area contributed by atoms with E-state index in [4.69, 9.17) is 14.3 Å². The number of aliphatic imine (C=N–C) groups is 1. The Morgan fingerprint density at radius 2 is 2.03 bits per heavy atom. The highest BCUT2D eigenvalue weighted by Gasteiger charge is 2.31. The van der Waals surface area contributed by atoms with Crippen molar-refractivity contribution in [3.8, 4) is 17.1 Å². The number of carbonyl (C=O) groups is 2. The number of non-ortho nitro benzene ring substituents is 1. The molecule has 0 aliphatic carbocycles. The predicted octanol–water partition coefficient (Wildman–Crippen LogP) is 4.80. The van der Waals surface area contributed by atoms with Gasteiger partial charge in [0.05, 0.1) is 39.8 Å². The number of carboxylic acid groups (broad SMARTS) is 1. The van der Waals surface area contributed by atoms with Crippen LogP contribution in [0.2, 0.25) is 0 Å². The van der Waals surface area contributed by atoms with Crippen LogP contribution in [0.1, 0.15) is 16.1 Å². The number of aromatic carboxylic acids is 1. The summed E-state index contributed by atoms with van der Waals surface area (Å²) in [6.07, 6.45) is 1.57. The van der Waals surface area contributed by atoms with Crippen molar-refractivity contribution >= 4 is 46.3 Å². The molecule has 2 aromatic carbocycles. The molecule has 1 saturated heterocycles. The molecule has 34 heavy (non-hydrogen) atoms. The topological polar surface area (TPSA) is 135 Å². The maximum Gasteiger partial charge on any atom is 0.335 e. The number of hydrogen-bond donors (Lipinski definition) is 1. The molecular formula is C23H17N3O7S. The monoisotopic (exact) mass is 479 g/mol. The molecule has 0 unspecified atom stereocenters. The normalized spacial score (nSPS) is 15.8. The molecule has 1 fully saturated rings. The van der Waals surface area contributed by atoms with Gasteiger partial charge in [0.1, 0.15) is 17.3 Å². The maximum absolute atomic E-state index is 12.7. The number of carboxylic acids is 1. The molecule has 0 atom stereocenters. The summed E-state index contributed by atoms with van der Waals surface area (Å²) in [5.74, 6) is -0.254. The van der Waals surface area contributed by atoms with Gasteiger partial charge in [0, 0.05) is 19.2 Å². The van der Waals surface area contributed by atoms with Crippen molar-refractivity contribution in [3.05, 3.63) is 80.9 Å². The SMILES string of the molecule is COc1cc([N+](=O)[O-])ccc1-c1ccc(/C=C2/SC(=Nc3cccc(C(=O)O)c3)N(C)C2=O)o1. The van der Waals surface area contributed by atoms with Crippen LogP contribution in [0, 0.1) is 10.1 Å². The summed E-state index contributed by atoms with van der Waals surface area (Å²) >= 11 is 1.13. The number of likely N-dealkylation sites (N-methyl/N-ethyl adjacent to an activating group) is 1. The molecule has 0 bridgehead atoms. The first-order chi connectivity index (χ1) is 16.3. The number of nitrogens with zero attached hydrogens (tertiary/aromatic N) is 3. The molecule has 1 aliphatic rings. The highest BCUT2D eigenvalue weighted by atomic mass is 32.2. The number of benzene rings is 2. The van der Waals surface area contributed by atoms with Gasteiger partial charge >= 0.3 is 5.97 Å². The maximum atomic E-state index is 12.7.